The van der Waals surface area contributed by atoms with Crippen LogP contribution in [0.15, 0.2) is 0 Å². The molecule has 5 nitrogen and oxygen atoms in total. The first-order chi connectivity index (χ1) is 7.51. The average molecular weight is 317 g/mol. The molecule has 0 amide bonds. The van der Waals surface area contributed by atoms with Crippen LogP contribution in [0.3, 0.4) is 0 Å². The van der Waals surface area contributed by atoms with Gasteiger partial charge in [0, 0.05) is 20.8 Å². The Balaban J connectivity index is 4.12. The van der Waals surface area contributed by atoms with E-state index in [4.69, 9.17) is 13.8 Å². The monoisotopic (exact) mass is 316 g/mol. The Labute approximate surface area is 104 Å². The number of carbonyl (C=O) groups excluding carboxylic acids is 1. The molecular weight excluding hydrogens is 299 g/mol. The smallest absolute Gasteiger partial charge is 0.351 e. The fraction of sp³-hybridized carbons (Fsp3) is 0.889. The van der Waals surface area contributed by atoms with Gasteiger partial charge in [0.15, 0.2) is 10.4 Å². The lowest BCUT2D eigenvalue weighted by atomic mass is 10.4. The lowest BCUT2D eigenvalue weighted by Gasteiger charge is -2.18. The molecule has 0 bridgehead atoms. The van der Waals surface area contributed by atoms with Gasteiger partial charge in [0.1, 0.15) is 6.61 Å². The van der Waals surface area contributed by atoms with Gasteiger partial charge in [-0.15, -0.1) is 0 Å². The molecular formula is C9H18BrO5P. The van der Waals surface area contributed by atoms with Gasteiger partial charge in [0.25, 0.3) is 0 Å². The summed E-state index contributed by atoms with van der Waals surface area (Å²) < 4.78 is 25.4. The predicted molar refractivity (Wildman–Crippen MR) is 65.1 cm³/mol. The molecule has 0 rings (SSSR count). The van der Waals surface area contributed by atoms with E-state index in [-0.39, 0.29) is 12.4 Å². The third-order valence-corrected chi connectivity index (χ3v) is 5.82. The SMILES string of the molecule is CCCCOCC(=O)C(Br)P(=O)(OC)OC. The standard InChI is InChI=1S/C9H18BrO5P/c1-4-5-6-15-7-8(11)9(10)16(12,13-2)14-3/h9H,4-7H2,1-3H3. The second-order valence-corrected chi connectivity index (χ2v) is 7.06. The summed E-state index contributed by atoms with van der Waals surface area (Å²) in [5.74, 6) is -0.344. The molecule has 0 aromatic heterocycles. The summed E-state index contributed by atoms with van der Waals surface area (Å²) in [5, 5.41) is 0. The average Bonchev–Trinajstić information content (AvgIpc) is 2.32. The number of ketones is 1. The highest BCUT2D eigenvalue weighted by atomic mass is 79.9. The van der Waals surface area contributed by atoms with E-state index in [0.29, 0.717) is 6.61 Å². The van der Waals surface area contributed by atoms with Crippen LogP contribution < -0.4 is 0 Å². The van der Waals surface area contributed by atoms with Crippen LogP contribution in [0, 0.1) is 0 Å². The van der Waals surface area contributed by atoms with Crippen molar-refractivity contribution in [3.05, 3.63) is 0 Å². The van der Waals surface area contributed by atoms with E-state index in [1.807, 2.05) is 6.92 Å². The number of Topliss-reactive ketones (excluding diaryl/α,β-unsaturated/α-hetero) is 1. The van der Waals surface area contributed by atoms with Crippen LogP contribution in [0.25, 0.3) is 0 Å². The topological polar surface area (TPSA) is 61.8 Å². The minimum Gasteiger partial charge on any atom is -0.374 e. The van der Waals surface area contributed by atoms with Crippen molar-refractivity contribution >= 4 is 29.3 Å². The van der Waals surface area contributed by atoms with Crippen LogP contribution in [0.2, 0.25) is 0 Å². The molecule has 0 radical (unpaired) electrons. The molecule has 0 N–H and O–H groups in total. The molecule has 0 saturated heterocycles. The Morgan fingerprint density at radius 2 is 1.94 bits per heavy atom. The van der Waals surface area contributed by atoms with Crippen LogP contribution in [-0.4, -0.2) is 37.8 Å². The zero-order valence-electron chi connectivity index (χ0n) is 9.77. The highest BCUT2D eigenvalue weighted by molar-refractivity contribution is 9.11. The molecule has 96 valence electrons. The van der Waals surface area contributed by atoms with Crippen molar-refractivity contribution in [2.75, 3.05) is 27.4 Å². The highest BCUT2D eigenvalue weighted by Crippen LogP contribution is 2.54. The summed E-state index contributed by atoms with van der Waals surface area (Å²) >= 11 is 3.01. The first kappa shape index (κ1) is 16.3. The molecule has 0 aliphatic rings. The van der Waals surface area contributed by atoms with Crippen molar-refractivity contribution in [1.82, 2.24) is 0 Å². The van der Waals surface area contributed by atoms with Crippen molar-refractivity contribution in [3.8, 4) is 0 Å². The minimum atomic E-state index is -3.40. The van der Waals surface area contributed by atoms with Crippen LogP contribution in [-0.2, 0) is 23.1 Å². The second kappa shape index (κ2) is 8.37. The molecule has 16 heavy (non-hydrogen) atoms. The molecule has 1 unspecified atom stereocenters. The number of hydrogen-bond acceptors (Lipinski definition) is 5. The summed E-state index contributed by atoms with van der Waals surface area (Å²) in [7, 11) is -0.917. The van der Waals surface area contributed by atoms with Gasteiger partial charge in [-0.05, 0) is 6.42 Å². The normalized spacial score (nSPS) is 13.8. The van der Waals surface area contributed by atoms with Crippen molar-refractivity contribution in [3.63, 3.8) is 0 Å². The summed E-state index contributed by atoms with van der Waals surface area (Å²) in [6.45, 7) is 2.46. The maximum Gasteiger partial charge on any atom is 0.351 e. The molecule has 1 atom stereocenters. The van der Waals surface area contributed by atoms with E-state index >= 15 is 0 Å². The molecule has 0 spiro atoms. The first-order valence-corrected chi connectivity index (χ1v) is 7.50. The van der Waals surface area contributed by atoms with Crippen molar-refractivity contribution in [2.24, 2.45) is 0 Å². The van der Waals surface area contributed by atoms with E-state index in [9.17, 15) is 9.36 Å². The fourth-order valence-corrected chi connectivity index (χ4v) is 3.01. The van der Waals surface area contributed by atoms with Gasteiger partial charge in [-0.2, -0.15) is 0 Å². The number of carbonyl (C=O) groups is 1. The zero-order chi connectivity index (χ0) is 12.6. The number of halogens is 1. The molecule has 0 aliphatic heterocycles. The van der Waals surface area contributed by atoms with E-state index in [2.05, 4.69) is 15.9 Å². The van der Waals surface area contributed by atoms with Crippen LogP contribution in [0.1, 0.15) is 19.8 Å². The van der Waals surface area contributed by atoms with Gasteiger partial charge in [-0.3, -0.25) is 9.36 Å². The van der Waals surface area contributed by atoms with Crippen LogP contribution >= 0.6 is 23.5 Å². The van der Waals surface area contributed by atoms with Gasteiger partial charge in [0.2, 0.25) is 0 Å². The minimum absolute atomic E-state index is 0.0906. The zero-order valence-corrected chi connectivity index (χ0v) is 12.3. The Morgan fingerprint density at radius 1 is 1.38 bits per heavy atom. The van der Waals surface area contributed by atoms with Gasteiger partial charge in [-0.1, -0.05) is 29.3 Å². The maximum absolute atomic E-state index is 11.8. The molecule has 0 saturated carbocycles. The van der Waals surface area contributed by atoms with Gasteiger partial charge < -0.3 is 13.8 Å². The lowest BCUT2D eigenvalue weighted by Crippen LogP contribution is -2.21. The number of hydrogen-bond donors (Lipinski definition) is 0. The second-order valence-electron chi connectivity index (χ2n) is 3.11. The molecule has 7 heteroatoms. The third kappa shape index (κ3) is 5.06. The quantitative estimate of drug-likeness (QED) is 0.372. The molecule has 0 aromatic rings. The number of rotatable bonds is 9. The maximum atomic E-state index is 11.8. The molecule has 0 fully saturated rings. The van der Waals surface area contributed by atoms with E-state index in [0.717, 1.165) is 12.8 Å². The highest BCUT2D eigenvalue weighted by Gasteiger charge is 2.37. The summed E-state index contributed by atoms with van der Waals surface area (Å²) in [6.07, 6.45) is 1.90. The van der Waals surface area contributed by atoms with E-state index in [1.165, 1.54) is 14.2 Å². The predicted octanol–water partition coefficient (Wildman–Crippen LogP) is 2.58. The van der Waals surface area contributed by atoms with E-state index < -0.39 is 12.2 Å². The number of unbranched alkanes of at least 4 members (excludes halogenated alkanes) is 1. The fourth-order valence-electron chi connectivity index (χ4n) is 0.924. The van der Waals surface area contributed by atoms with Gasteiger partial charge in [-0.25, -0.2) is 0 Å². The molecule has 0 aliphatic carbocycles. The molecule has 0 aromatic carbocycles. The number of ether oxygens (including phenoxy) is 1. The van der Waals surface area contributed by atoms with E-state index in [1.54, 1.807) is 0 Å². The van der Waals surface area contributed by atoms with Gasteiger partial charge in [0.05, 0.1) is 0 Å². The summed E-state index contributed by atoms with van der Waals surface area (Å²) in [6, 6.07) is 0. The van der Waals surface area contributed by atoms with Crippen molar-refractivity contribution in [2.45, 2.75) is 24.3 Å². The molecule has 0 heterocycles. The summed E-state index contributed by atoms with van der Waals surface area (Å²) in [5.41, 5.74) is 0. The number of alkyl halides is 1. The van der Waals surface area contributed by atoms with Gasteiger partial charge >= 0.3 is 7.60 Å². The van der Waals surface area contributed by atoms with Crippen LogP contribution in [0.4, 0.5) is 0 Å². The first-order valence-electron chi connectivity index (χ1n) is 4.97. The Morgan fingerprint density at radius 3 is 2.38 bits per heavy atom. The Hall–Kier alpha value is 0.260. The Bertz CT molecular complexity index is 250. The lowest BCUT2D eigenvalue weighted by molar-refractivity contribution is -0.121. The van der Waals surface area contributed by atoms with Crippen molar-refractivity contribution in [1.29, 1.82) is 0 Å². The summed E-state index contributed by atoms with van der Waals surface area (Å²) in [4.78, 5) is 11.6. The van der Waals surface area contributed by atoms with Crippen LogP contribution in [0.5, 0.6) is 0 Å². The van der Waals surface area contributed by atoms with Crippen molar-refractivity contribution < 1.29 is 23.1 Å². The largest absolute Gasteiger partial charge is 0.374 e. The Kier molecular flexibility index (Phi) is 8.50. The third-order valence-electron chi connectivity index (χ3n) is 1.94.